The molecule has 0 saturated heterocycles. The summed E-state index contributed by atoms with van der Waals surface area (Å²) in [6.07, 6.45) is 1.55. The van der Waals surface area contributed by atoms with E-state index in [9.17, 15) is 9.59 Å². The molecule has 1 aromatic carbocycles. The number of benzene rings is 1. The minimum Gasteiger partial charge on any atom is -0.497 e. The van der Waals surface area contributed by atoms with Crippen molar-refractivity contribution in [3.8, 4) is 5.75 Å². The van der Waals surface area contributed by atoms with Crippen molar-refractivity contribution < 1.29 is 4.74 Å². The molecule has 0 aliphatic heterocycles. The van der Waals surface area contributed by atoms with Crippen LogP contribution in [0.2, 0.25) is 0 Å². The van der Waals surface area contributed by atoms with E-state index in [1.807, 2.05) is 12.1 Å². The lowest BCUT2D eigenvalue weighted by Gasteiger charge is -1.98. The van der Waals surface area contributed by atoms with E-state index in [4.69, 9.17) is 4.74 Å². The lowest BCUT2D eigenvalue weighted by atomic mass is 10.2. The molecule has 18 heavy (non-hydrogen) atoms. The Balaban J connectivity index is 2.24. The Kier molecular flexibility index (Phi) is 3.38. The van der Waals surface area contributed by atoms with Crippen molar-refractivity contribution in [3.05, 3.63) is 56.7 Å². The van der Waals surface area contributed by atoms with Crippen LogP contribution in [-0.2, 0) is 0 Å². The Bertz CT molecular complexity index is 640. The second-order valence-corrected chi connectivity index (χ2v) is 3.50. The zero-order valence-electron chi connectivity index (χ0n) is 9.64. The Hall–Kier alpha value is -2.63. The van der Waals surface area contributed by atoms with Gasteiger partial charge in [-0.05, 0) is 29.8 Å². The van der Waals surface area contributed by atoms with Crippen molar-refractivity contribution in [3.63, 3.8) is 0 Å². The Morgan fingerprint density at radius 3 is 2.50 bits per heavy atom. The highest BCUT2D eigenvalue weighted by Gasteiger charge is 1.94. The van der Waals surface area contributed by atoms with Gasteiger partial charge in [0.2, 0.25) is 0 Å². The molecule has 2 aromatic rings. The molecule has 0 radical (unpaired) electrons. The van der Waals surface area contributed by atoms with Crippen LogP contribution >= 0.6 is 0 Å². The van der Waals surface area contributed by atoms with E-state index in [0.29, 0.717) is 0 Å². The summed E-state index contributed by atoms with van der Waals surface area (Å²) in [5.41, 5.74) is -0.234. The highest BCUT2D eigenvalue weighted by atomic mass is 16.5. The first-order chi connectivity index (χ1) is 8.67. The van der Waals surface area contributed by atoms with Crippen LogP contribution in [-0.4, -0.2) is 23.3 Å². The standard InChI is InChI=1S/C12H11N3O3/c1-18-9-4-2-8(3-5-9)7-13-10-6-11(16)15-12(17)14-10/h2-7H,1H3,(H2,14,15,16,17). The largest absolute Gasteiger partial charge is 0.497 e. The summed E-state index contributed by atoms with van der Waals surface area (Å²) in [6.45, 7) is 0. The molecule has 1 aromatic heterocycles. The van der Waals surface area contributed by atoms with Crippen molar-refractivity contribution in [2.45, 2.75) is 0 Å². The van der Waals surface area contributed by atoms with E-state index in [1.165, 1.54) is 6.07 Å². The van der Waals surface area contributed by atoms with Crippen LogP contribution in [0.3, 0.4) is 0 Å². The first-order valence-electron chi connectivity index (χ1n) is 5.19. The van der Waals surface area contributed by atoms with Gasteiger partial charge in [-0.25, -0.2) is 9.79 Å². The summed E-state index contributed by atoms with van der Waals surface area (Å²) in [5, 5.41) is 0. The second kappa shape index (κ2) is 5.13. The zero-order valence-corrected chi connectivity index (χ0v) is 9.64. The van der Waals surface area contributed by atoms with Gasteiger partial charge in [-0.15, -0.1) is 0 Å². The van der Waals surface area contributed by atoms with Gasteiger partial charge in [-0.3, -0.25) is 14.8 Å². The number of aliphatic imine (C=N–C) groups is 1. The quantitative estimate of drug-likeness (QED) is 0.785. The average Bonchev–Trinajstić information content (AvgIpc) is 2.36. The third-order valence-corrected chi connectivity index (χ3v) is 2.21. The molecule has 0 fully saturated rings. The van der Waals surface area contributed by atoms with E-state index >= 15 is 0 Å². The van der Waals surface area contributed by atoms with Crippen LogP contribution in [0.4, 0.5) is 5.82 Å². The maximum Gasteiger partial charge on any atom is 0.327 e. The zero-order chi connectivity index (χ0) is 13.0. The smallest absolute Gasteiger partial charge is 0.327 e. The third-order valence-electron chi connectivity index (χ3n) is 2.21. The number of hydrogen-bond donors (Lipinski definition) is 2. The van der Waals surface area contributed by atoms with Crippen molar-refractivity contribution in [1.29, 1.82) is 0 Å². The molecule has 0 bridgehead atoms. The van der Waals surface area contributed by atoms with Crippen LogP contribution in [0.1, 0.15) is 5.56 Å². The number of nitrogens with one attached hydrogen (secondary N) is 2. The van der Waals surface area contributed by atoms with E-state index in [2.05, 4.69) is 15.0 Å². The van der Waals surface area contributed by atoms with Gasteiger partial charge in [0.05, 0.1) is 7.11 Å². The molecule has 6 nitrogen and oxygen atoms in total. The molecular formula is C12H11N3O3. The topological polar surface area (TPSA) is 87.3 Å². The Morgan fingerprint density at radius 2 is 1.89 bits per heavy atom. The Labute approximate surface area is 102 Å². The minimum atomic E-state index is -0.579. The number of ether oxygens (including phenoxy) is 1. The number of nitrogens with zero attached hydrogens (tertiary/aromatic N) is 1. The van der Waals surface area contributed by atoms with Gasteiger partial charge in [0.1, 0.15) is 11.6 Å². The second-order valence-electron chi connectivity index (χ2n) is 3.50. The summed E-state index contributed by atoms with van der Waals surface area (Å²) in [7, 11) is 1.59. The lowest BCUT2D eigenvalue weighted by Crippen LogP contribution is -2.20. The van der Waals surface area contributed by atoms with Gasteiger partial charge in [-0.2, -0.15) is 0 Å². The monoisotopic (exact) mass is 245 g/mol. The number of rotatable bonds is 3. The molecule has 0 aliphatic rings. The summed E-state index contributed by atoms with van der Waals surface area (Å²) in [4.78, 5) is 30.5. The van der Waals surface area contributed by atoms with Gasteiger partial charge in [0.15, 0.2) is 0 Å². The molecule has 92 valence electrons. The number of hydrogen-bond acceptors (Lipinski definition) is 4. The van der Waals surface area contributed by atoms with Crippen LogP contribution in [0, 0.1) is 0 Å². The summed E-state index contributed by atoms with van der Waals surface area (Å²) < 4.78 is 5.03. The number of H-pyrrole nitrogens is 2. The average molecular weight is 245 g/mol. The van der Waals surface area contributed by atoms with Crippen molar-refractivity contribution in [2.24, 2.45) is 4.99 Å². The van der Waals surface area contributed by atoms with E-state index in [1.54, 1.807) is 25.5 Å². The molecule has 6 heteroatoms. The van der Waals surface area contributed by atoms with Crippen molar-refractivity contribution in [1.82, 2.24) is 9.97 Å². The first-order valence-corrected chi connectivity index (χ1v) is 5.19. The molecule has 2 N–H and O–H groups in total. The highest BCUT2D eigenvalue weighted by molar-refractivity contribution is 5.81. The molecular weight excluding hydrogens is 234 g/mol. The summed E-state index contributed by atoms with van der Waals surface area (Å²) in [5.74, 6) is 0.955. The third kappa shape index (κ3) is 2.94. The van der Waals surface area contributed by atoms with Crippen LogP contribution in [0.15, 0.2) is 44.9 Å². The lowest BCUT2D eigenvalue weighted by molar-refractivity contribution is 0.415. The highest BCUT2D eigenvalue weighted by Crippen LogP contribution is 2.10. The molecule has 0 aliphatic carbocycles. The maximum atomic E-state index is 11.0. The molecule has 0 amide bonds. The predicted molar refractivity (Wildman–Crippen MR) is 67.9 cm³/mol. The van der Waals surface area contributed by atoms with Crippen LogP contribution < -0.4 is 16.0 Å². The SMILES string of the molecule is COc1ccc(C=Nc2cc(=O)[nH]c(=O)[nH]2)cc1. The van der Waals surface area contributed by atoms with Crippen LogP contribution in [0.25, 0.3) is 0 Å². The molecule has 0 spiro atoms. The van der Waals surface area contributed by atoms with Gasteiger partial charge in [0, 0.05) is 12.3 Å². The molecule has 0 atom stereocenters. The van der Waals surface area contributed by atoms with E-state index in [0.717, 1.165) is 11.3 Å². The first kappa shape index (κ1) is 11.8. The molecule has 0 saturated carbocycles. The summed E-state index contributed by atoms with van der Waals surface area (Å²) >= 11 is 0. The van der Waals surface area contributed by atoms with Crippen LogP contribution in [0.5, 0.6) is 5.75 Å². The van der Waals surface area contributed by atoms with E-state index < -0.39 is 11.2 Å². The number of aromatic nitrogens is 2. The van der Waals surface area contributed by atoms with E-state index in [-0.39, 0.29) is 5.82 Å². The fourth-order valence-electron chi connectivity index (χ4n) is 1.36. The number of methoxy groups -OCH3 is 1. The predicted octanol–water partition coefficient (Wildman–Crippen LogP) is 0.822. The van der Waals surface area contributed by atoms with Crippen molar-refractivity contribution in [2.75, 3.05) is 7.11 Å². The van der Waals surface area contributed by atoms with Crippen molar-refractivity contribution >= 4 is 12.0 Å². The van der Waals surface area contributed by atoms with Gasteiger partial charge in [-0.1, -0.05) is 0 Å². The fraction of sp³-hybridized carbons (Fsp3) is 0.0833. The minimum absolute atomic E-state index is 0.208. The van der Waals surface area contributed by atoms with Gasteiger partial charge < -0.3 is 4.74 Å². The van der Waals surface area contributed by atoms with Gasteiger partial charge in [0.25, 0.3) is 5.56 Å². The summed E-state index contributed by atoms with van der Waals surface area (Å²) in [6, 6.07) is 8.42. The number of aromatic amines is 2. The molecule has 2 rings (SSSR count). The molecule has 1 heterocycles. The normalized spacial score (nSPS) is 10.7. The maximum absolute atomic E-state index is 11.0. The molecule has 0 unspecified atom stereocenters. The fourth-order valence-corrected chi connectivity index (χ4v) is 1.36. The Morgan fingerprint density at radius 1 is 1.17 bits per heavy atom. The van der Waals surface area contributed by atoms with Gasteiger partial charge >= 0.3 is 5.69 Å².